The van der Waals surface area contributed by atoms with Gasteiger partial charge >= 0.3 is 0 Å². The molecule has 0 aliphatic carbocycles. The number of nitrogens with zero attached hydrogens (tertiary/aromatic N) is 3. The molecule has 2 N–H and O–H groups in total. The lowest BCUT2D eigenvalue weighted by atomic mass is 9.98. The van der Waals surface area contributed by atoms with E-state index in [1.54, 1.807) is 0 Å². The molecule has 2 aromatic rings. The molecule has 1 aliphatic heterocycles. The summed E-state index contributed by atoms with van der Waals surface area (Å²) in [6, 6.07) is 7.59. The standard InChI is InChI=1S/C17H20N4O/c1-3-15-13(10-11(2)19-20-15)17(22)21-9-5-6-12-14(18)7-4-8-16(12)21/h4,7-8,10H,3,5-6,9,18H2,1-2H3. The Balaban J connectivity index is 2.05. The molecular weight excluding hydrogens is 276 g/mol. The van der Waals surface area contributed by atoms with Crippen LogP contribution in [0.2, 0.25) is 0 Å². The lowest BCUT2D eigenvalue weighted by Crippen LogP contribution is -2.36. The topological polar surface area (TPSA) is 72.1 Å². The molecule has 5 heteroatoms. The summed E-state index contributed by atoms with van der Waals surface area (Å²) in [6.45, 7) is 4.55. The summed E-state index contributed by atoms with van der Waals surface area (Å²) in [5.41, 5.74) is 11.0. The minimum atomic E-state index is -0.0126. The monoisotopic (exact) mass is 296 g/mol. The average molecular weight is 296 g/mol. The van der Waals surface area contributed by atoms with E-state index in [1.165, 1.54) is 0 Å². The summed E-state index contributed by atoms with van der Waals surface area (Å²) >= 11 is 0. The minimum absolute atomic E-state index is 0.0126. The maximum Gasteiger partial charge on any atom is 0.260 e. The predicted molar refractivity (Wildman–Crippen MR) is 87.0 cm³/mol. The number of anilines is 2. The summed E-state index contributed by atoms with van der Waals surface area (Å²) in [5, 5.41) is 8.22. The van der Waals surface area contributed by atoms with Crippen LogP contribution in [0.4, 0.5) is 11.4 Å². The second-order valence-corrected chi connectivity index (χ2v) is 5.60. The molecule has 0 radical (unpaired) electrons. The van der Waals surface area contributed by atoms with Gasteiger partial charge in [0, 0.05) is 17.9 Å². The van der Waals surface area contributed by atoms with Crippen molar-refractivity contribution >= 4 is 17.3 Å². The zero-order valence-electron chi connectivity index (χ0n) is 13.0. The first kappa shape index (κ1) is 14.5. The zero-order valence-corrected chi connectivity index (χ0v) is 13.0. The smallest absolute Gasteiger partial charge is 0.260 e. The molecule has 1 amide bonds. The van der Waals surface area contributed by atoms with Crippen molar-refractivity contribution in [2.45, 2.75) is 33.1 Å². The summed E-state index contributed by atoms with van der Waals surface area (Å²) in [7, 11) is 0. The van der Waals surface area contributed by atoms with E-state index in [4.69, 9.17) is 5.73 Å². The Labute approximate surface area is 130 Å². The Hall–Kier alpha value is -2.43. The fraction of sp³-hybridized carbons (Fsp3) is 0.353. The Morgan fingerprint density at radius 2 is 2.18 bits per heavy atom. The van der Waals surface area contributed by atoms with Gasteiger partial charge in [-0.3, -0.25) is 4.79 Å². The highest BCUT2D eigenvalue weighted by Gasteiger charge is 2.26. The molecule has 1 aromatic carbocycles. The fourth-order valence-electron chi connectivity index (χ4n) is 2.97. The van der Waals surface area contributed by atoms with E-state index < -0.39 is 0 Å². The Morgan fingerprint density at radius 1 is 1.36 bits per heavy atom. The highest BCUT2D eigenvalue weighted by Crippen LogP contribution is 2.32. The first-order valence-corrected chi connectivity index (χ1v) is 7.64. The van der Waals surface area contributed by atoms with Crippen molar-refractivity contribution in [2.24, 2.45) is 0 Å². The number of nitrogen functional groups attached to an aromatic ring is 1. The minimum Gasteiger partial charge on any atom is -0.398 e. The van der Waals surface area contributed by atoms with Crippen molar-refractivity contribution in [1.29, 1.82) is 0 Å². The Bertz CT molecular complexity index is 727. The van der Waals surface area contributed by atoms with Crippen molar-refractivity contribution < 1.29 is 4.79 Å². The third-order valence-electron chi connectivity index (χ3n) is 4.09. The first-order valence-electron chi connectivity index (χ1n) is 7.64. The number of aryl methyl sites for hydroxylation is 2. The van der Waals surface area contributed by atoms with Crippen molar-refractivity contribution in [3.8, 4) is 0 Å². The lowest BCUT2D eigenvalue weighted by Gasteiger charge is -2.30. The van der Waals surface area contributed by atoms with Crippen LogP contribution in [0.5, 0.6) is 0 Å². The van der Waals surface area contributed by atoms with E-state index in [1.807, 2.05) is 43.0 Å². The molecule has 0 unspecified atom stereocenters. The number of aromatic nitrogens is 2. The second-order valence-electron chi connectivity index (χ2n) is 5.60. The number of hydrogen-bond acceptors (Lipinski definition) is 4. The molecule has 3 rings (SSSR count). The van der Waals surface area contributed by atoms with E-state index >= 15 is 0 Å². The van der Waals surface area contributed by atoms with Crippen LogP contribution in [0.25, 0.3) is 0 Å². The SMILES string of the molecule is CCc1nnc(C)cc1C(=O)N1CCCc2c(N)cccc21. The maximum absolute atomic E-state index is 13.0. The van der Waals surface area contributed by atoms with Crippen LogP contribution >= 0.6 is 0 Å². The summed E-state index contributed by atoms with van der Waals surface area (Å²) in [4.78, 5) is 14.8. The fourth-order valence-corrected chi connectivity index (χ4v) is 2.97. The molecule has 2 heterocycles. The number of benzene rings is 1. The zero-order chi connectivity index (χ0) is 15.7. The average Bonchev–Trinajstić information content (AvgIpc) is 2.54. The Morgan fingerprint density at radius 3 is 2.95 bits per heavy atom. The predicted octanol–water partition coefficient (Wildman–Crippen LogP) is 2.52. The molecule has 114 valence electrons. The van der Waals surface area contributed by atoms with Gasteiger partial charge in [0.2, 0.25) is 0 Å². The van der Waals surface area contributed by atoms with Gasteiger partial charge in [0.25, 0.3) is 5.91 Å². The van der Waals surface area contributed by atoms with Crippen molar-refractivity contribution in [2.75, 3.05) is 17.2 Å². The van der Waals surface area contributed by atoms with Gasteiger partial charge in [0.05, 0.1) is 17.0 Å². The summed E-state index contributed by atoms with van der Waals surface area (Å²) in [6.07, 6.45) is 2.53. The lowest BCUT2D eigenvalue weighted by molar-refractivity contribution is 0.0983. The van der Waals surface area contributed by atoms with E-state index in [9.17, 15) is 4.79 Å². The van der Waals surface area contributed by atoms with Crippen LogP contribution in [0, 0.1) is 6.92 Å². The molecule has 5 nitrogen and oxygen atoms in total. The van der Waals surface area contributed by atoms with Crippen molar-refractivity contribution in [3.05, 3.63) is 46.8 Å². The van der Waals surface area contributed by atoms with Crippen LogP contribution in [0.1, 0.15) is 40.7 Å². The molecule has 22 heavy (non-hydrogen) atoms. The van der Waals surface area contributed by atoms with Crippen molar-refractivity contribution in [3.63, 3.8) is 0 Å². The molecule has 0 spiro atoms. The number of carbonyl (C=O) groups excluding carboxylic acids is 1. The van der Waals surface area contributed by atoms with Gasteiger partial charge in [-0.05, 0) is 49.9 Å². The van der Waals surface area contributed by atoms with E-state index in [0.29, 0.717) is 18.5 Å². The quantitative estimate of drug-likeness (QED) is 0.864. The summed E-state index contributed by atoms with van der Waals surface area (Å²) in [5.74, 6) is -0.0126. The molecular formula is C17H20N4O. The van der Waals surface area contributed by atoms with Gasteiger partial charge in [-0.1, -0.05) is 13.0 Å². The molecule has 0 fully saturated rings. The van der Waals surface area contributed by atoms with E-state index in [-0.39, 0.29) is 5.91 Å². The van der Waals surface area contributed by atoms with Crippen LogP contribution in [-0.2, 0) is 12.8 Å². The first-order chi connectivity index (χ1) is 10.6. The second kappa shape index (κ2) is 5.75. The normalized spacial score (nSPS) is 13.8. The van der Waals surface area contributed by atoms with Gasteiger partial charge in [-0.15, -0.1) is 0 Å². The maximum atomic E-state index is 13.0. The molecule has 0 atom stereocenters. The Kier molecular flexibility index (Phi) is 3.79. The number of fused-ring (bicyclic) bond motifs is 1. The van der Waals surface area contributed by atoms with Crippen LogP contribution in [0.15, 0.2) is 24.3 Å². The van der Waals surface area contributed by atoms with Gasteiger partial charge in [-0.25, -0.2) is 0 Å². The molecule has 0 saturated heterocycles. The third-order valence-corrected chi connectivity index (χ3v) is 4.09. The van der Waals surface area contributed by atoms with Crippen molar-refractivity contribution in [1.82, 2.24) is 10.2 Å². The number of hydrogen-bond donors (Lipinski definition) is 1. The van der Waals surface area contributed by atoms with E-state index in [2.05, 4.69) is 10.2 Å². The largest absolute Gasteiger partial charge is 0.398 e. The van der Waals surface area contributed by atoms with Gasteiger partial charge < -0.3 is 10.6 Å². The number of nitrogens with two attached hydrogens (primary N) is 1. The van der Waals surface area contributed by atoms with Crippen LogP contribution < -0.4 is 10.6 Å². The molecule has 1 aromatic heterocycles. The highest BCUT2D eigenvalue weighted by molar-refractivity contribution is 6.07. The van der Waals surface area contributed by atoms with Gasteiger partial charge in [-0.2, -0.15) is 10.2 Å². The van der Waals surface area contributed by atoms with Crippen LogP contribution in [-0.4, -0.2) is 22.6 Å². The number of carbonyl (C=O) groups is 1. The number of amides is 1. The van der Waals surface area contributed by atoms with Gasteiger partial charge in [0.15, 0.2) is 0 Å². The molecule has 0 saturated carbocycles. The highest BCUT2D eigenvalue weighted by atomic mass is 16.2. The molecule has 0 bridgehead atoms. The van der Waals surface area contributed by atoms with Crippen LogP contribution in [0.3, 0.4) is 0 Å². The number of rotatable bonds is 2. The molecule has 1 aliphatic rings. The summed E-state index contributed by atoms with van der Waals surface area (Å²) < 4.78 is 0. The van der Waals surface area contributed by atoms with E-state index in [0.717, 1.165) is 41.2 Å². The third kappa shape index (κ3) is 2.43. The van der Waals surface area contributed by atoms with Gasteiger partial charge in [0.1, 0.15) is 0 Å².